The van der Waals surface area contributed by atoms with Crippen LogP contribution in [0.25, 0.3) is 0 Å². The van der Waals surface area contributed by atoms with E-state index in [-0.39, 0.29) is 0 Å². The minimum atomic E-state index is 0.894. The number of rotatable bonds is 4. The Balaban J connectivity index is 1.72. The van der Waals surface area contributed by atoms with Gasteiger partial charge < -0.3 is 9.80 Å². The van der Waals surface area contributed by atoms with Crippen LogP contribution in [0.3, 0.4) is 0 Å². The minimum absolute atomic E-state index is 0.894. The van der Waals surface area contributed by atoms with Crippen molar-refractivity contribution >= 4 is 11.6 Å². The van der Waals surface area contributed by atoms with Crippen molar-refractivity contribution in [2.24, 2.45) is 5.92 Å². The zero-order chi connectivity index (χ0) is 11.7. The van der Waals surface area contributed by atoms with Gasteiger partial charge in [-0.1, -0.05) is 0 Å². The third-order valence-electron chi connectivity index (χ3n) is 3.69. The van der Waals surface area contributed by atoms with Crippen molar-refractivity contribution in [1.29, 1.82) is 0 Å². The van der Waals surface area contributed by atoms with Crippen LogP contribution in [-0.4, -0.2) is 36.6 Å². The molecule has 92 valence electrons. The lowest BCUT2D eigenvalue weighted by atomic mass is 10.3. The Morgan fingerprint density at radius 3 is 2.76 bits per heavy atom. The molecule has 17 heavy (non-hydrogen) atoms. The van der Waals surface area contributed by atoms with Gasteiger partial charge >= 0.3 is 0 Å². The summed E-state index contributed by atoms with van der Waals surface area (Å²) in [6.45, 7) is 3.42. The van der Waals surface area contributed by atoms with E-state index in [2.05, 4.69) is 32.9 Å². The van der Waals surface area contributed by atoms with E-state index in [4.69, 9.17) is 0 Å². The highest BCUT2D eigenvalue weighted by molar-refractivity contribution is 5.50. The molecule has 1 saturated heterocycles. The van der Waals surface area contributed by atoms with Gasteiger partial charge in [0, 0.05) is 32.7 Å². The summed E-state index contributed by atoms with van der Waals surface area (Å²) < 4.78 is 0. The highest BCUT2D eigenvalue weighted by Gasteiger charge is 2.23. The summed E-state index contributed by atoms with van der Waals surface area (Å²) >= 11 is 0. The average molecular weight is 232 g/mol. The second-order valence-electron chi connectivity index (χ2n) is 5.25. The quantitative estimate of drug-likeness (QED) is 0.794. The van der Waals surface area contributed by atoms with Gasteiger partial charge in [0.1, 0.15) is 18.0 Å². The van der Waals surface area contributed by atoms with Crippen LogP contribution in [-0.2, 0) is 0 Å². The molecular weight excluding hydrogens is 212 g/mol. The molecule has 0 amide bonds. The third-order valence-corrected chi connectivity index (χ3v) is 3.69. The lowest BCUT2D eigenvalue weighted by Gasteiger charge is -2.21. The van der Waals surface area contributed by atoms with Gasteiger partial charge in [-0.05, 0) is 31.6 Å². The lowest BCUT2D eigenvalue weighted by molar-refractivity contribution is 0.774. The fraction of sp³-hybridized carbons (Fsp3) is 0.692. The maximum Gasteiger partial charge on any atom is 0.134 e. The van der Waals surface area contributed by atoms with Crippen LogP contribution in [0.1, 0.15) is 25.7 Å². The van der Waals surface area contributed by atoms with Gasteiger partial charge in [-0.15, -0.1) is 0 Å². The smallest absolute Gasteiger partial charge is 0.134 e. The van der Waals surface area contributed by atoms with Crippen LogP contribution in [0, 0.1) is 5.92 Å². The predicted molar refractivity (Wildman–Crippen MR) is 69.5 cm³/mol. The van der Waals surface area contributed by atoms with Crippen molar-refractivity contribution in [3.8, 4) is 0 Å². The van der Waals surface area contributed by atoms with Crippen LogP contribution in [0.15, 0.2) is 12.4 Å². The molecule has 4 heteroatoms. The monoisotopic (exact) mass is 232 g/mol. The Labute approximate surface area is 103 Å². The van der Waals surface area contributed by atoms with Gasteiger partial charge in [-0.25, -0.2) is 9.97 Å². The van der Waals surface area contributed by atoms with E-state index >= 15 is 0 Å². The molecule has 0 atom stereocenters. The third kappa shape index (κ3) is 2.51. The standard InChI is InChI=1S/C13H20N4/c1-16(9-11-4-5-11)12-8-13(15-10-14-12)17-6-2-3-7-17/h8,10-11H,2-7,9H2,1H3. The maximum atomic E-state index is 4.39. The summed E-state index contributed by atoms with van der Waals surface area (Å²) in [5, 5.41) is 0. The summed E-state index contributed by atoms with van der Waals surface area (Å²) in [4.78, 5) is 13.4. The molecule has 0 radical (unpaired) electrons. The normalized spacial score (nSPS) is 19.7. The van der Waals surface area contributed by atoms with Crippen molar-refractivity contribution in [1.82, 2.24) is 9.97 Å². The van der Waals surface area contributed by atoms with E-state index in [1.165, 1.54) is 25.7 Å². The fourth-order valence-corrected chi connectivity index (χ4v) is 2.45. The van der Waals surface area contributed by atoms with E-state index in [0.29, 0.717) is 0 Å². The fourth-order valence-electron chi connectivity index (χ4n) is 2.45. The van der Waals surface area contributed by atoms with E-state index < -0.39 is 0 Å². The average Bonchev–Trinajstić information content (AvgIpc) is 3.00. The molecule has 1 aliphatic heterocycles. The van der Waals surface area contributed by atoms with Gasteiger partial charge in [0.15, 0.2) is 0 Å². The Hall–Kier alpha value is -1.32. The summed E-state index contributed by atoms with van der Waals surface area (Å²) in [6.07, 6.45) is 7.05. The van der Waals surface area contributed by atoms with Crippen molar-refractivity contribution in [3.63, 3.8) is 0 Å². The molecule has 0 N–H and O–H groups in total. The summed E-state index contributed by atoms with van der Waals surface area (Å²) in [5.74, 6) is 3.05. The first-order chi connectivity index (χ1) is 8.33. The number of nitrogens with zero attached hydrogens (tertiary/aromatic N) is 4. The molecule has 3 rings (SSSR count). The molecule has 2 heterocycles. The first kappa shape index (κ1) is 10.8. The zero-order valence-corrected chi connectivity index (χ0v) is 10.5. The van der Waals surface area contributed by atoms with Crippen molar-refractivity contribution in [2.75, 3.05) is 36.5 Å². The maximum absolute atomic E-state index is 4.39. The van der Waals surface area contributed by atoms with Gasteiger partial charge in [0.2, 0.25) is 0 Å². The second kappa shape index (κ2) is 4.51. The van der Waals surface area contributed by atoms with Crippen molar-refractivity contribution < 1.29 is 0 Å². The molecule has 2 aliphatic rings. The predicted octanol–water partition coefficient (Wildman–Crippen LogP) is 1.92. The summed E-state index contributed by atoms with van der Waals surface area (Å²) in [6, 6.07) is 2.13. The topological polar surface area (TPSA) is 32.3 Å². The number of hydrogen-bond acceptors (Lipinski definition) is 4. The Bertz CT molecular complexity index is 383. The molecule has 0 aromatic carbocycles. The van der Waals surface area contributed by atoms with Crippen molar-refractivity contribution in [2.45, 2.75) is 25.7 Å². The molecule has 1 aromatic rings. The van der Waals surface area contributed by atoms with Crippen LogP contribution < -0.4 is 9.80 Å². The van der Waals surface area contributed by atoms with Gasteiger partial charge in [0.25, 0.3) is 0 Å². The molecule has 0 unspecified atom stereocenters. The number of anilines is 2. The molecule has 1 aromatic heterocycles. The Morgan fingerprint density at radius 2 is 2.06 bits per heavy atom. The van der Waals surface area contributed by atoms with Crippen LogP contribution in [0.5, 0.6) is 0 Å². The van der Waals surface area contributed by atoms with Gasteiger partial charge in [-0.2, -0.15) is 0 Å². The Morgan fingerprint density at radius 1 is 1.29 bits per heavy atom. The Kier molecular flexibility index (Phi) is 2.87. The largest absolute Gasteiger partial charge is 0.359 e. The number of aromatic nitrogens is 2. The molecule has 1 saturated carbocycles. The second-order valence-corrected chi connectivity index (χ2v) is 5.25. The summed E-state index contributed by atoms with van der Waals surface area (Å²) in [7, 11) is 2.13. The highest BCUT2D eigenvalue weighted by Crippen LogP contribution is 2.31. The van der Waals surface area contributed by atoms with Crippen LogP contribution in [0.4, 0.5) is 11.6 Å². The molecule has 0 spiro atoms. The van der Waals surface area contributed by atoms with E-state index in [1.54, 1.807) is 6.33 Å². The van der Waals surface area contributed by atoms with Crippen LogP contribution >= 0.6 is 0 Å². The minimum Gasteiger partial charge on any atom is -0.359 e. The zero-order valence-electron chi connectivity index (χ0n) is 10.5. The SMILES string of the molecule is CN(CC1CC1)c1cc(N2CCCC2)ncn1. The van der Waals surface area contributed by atoms with Crippen LogP contribution in [0.2, 0.25) is 0 Å². The van der Waals surface area contributed by atoms with E-state index in [1.807, 2.05) is 0 Å². The first-order valence-corrected chi connectivity index (χ1v) is 6.61. The highest BCUT2D eigenvalue weighted by atomic mass is 15.2. The lowest BCUT2D eigenvalue weighted by Crippen LogP contribution is -2.23. The molecule has 2 fully saturated rings. The van der Waals surface area contributed by atoms with Gasteiger partial charge in [0.05, 0.1) is 0 Å². The van der Waals surface area contributed by atoms with Gasteiger partial charge in [-0.3, -0.25) is 0 Å². The molecular formula is C13H20N4. The van der Waals surface area contributed by atoms with Crippen molar-refractivity contribution in [3.05, 3.63) is 12.4 Å². The molecule has 4 nitrogen and oxygen atoms in total. The van der Waals surface area contributed by atoms with E-state index in [0.717, 1.165) is 37.2 Å². The van der Waals surface area contributed by atoms with E-state index in [9.17, 15) is 0 Å². The number of hydrogen-bond donors (Lipinski definition) is 0. The summed E-state index contributed by atoms with van der Waals surface area (Å²) in [5.41, 5.74) is 0. The molecule has 1 aliphatic carbocycles. The first-order valence-electron chi connectivity index (χ1n) is 6.61. The molecule has 0 bridgehead atoms.